The largest absolute Gasteiger partial charge is 0.463 e. The van der Waals surface area contributed by atoms with E-state index in [1.807, 2.05) is 12.1 Å². The van der Waals surface area contributed by atoms with Crippen molar-refractivity contribution in [1.29, 1.82) is 0 Å². The van der Waals surface area contributed by atoms with Crippen molar-refractivity contribution < 1.29 is 23.6 Å². The fourth-order valence-corrected chi connectivity index (χ4v) is 3.69. The third-order valence-electron chi connectivity index (χ3n) is 5.13. The van der Waals surface area contributed by atoms with E-state index in [1.54, 1.807) is 6.26 Å². The third-order valence-corrected chi connectivity index (χ3v) is 5.13. The molecule has 1 aromatic heterocycles. The summed E-state index contributed by atoms with van der Waals surface area (Å²) >= 11 is 0. The van der Waals surface area contributed by atoms with Gasteiger partial charge in [-0.05, 0) is 25.0 Å². The number of ether oxygens (including phenoxy) is 1. The fraction of sp³-hybridized carbons (Fsp3) is 0.667. The number of nitrogens with one attached hydrogen (secondary N) is 3. The van der Waals surface area contributed by atoms with Crippen LogP contribution in [0.3, 0.4) is 0 Å². The number of morpholine rings is 1. The Labute approximate surface area is 148 Å². The zero-order chi connectivity index (χ0) is 17.5. The molecule has 2 aliphatic rings. The summed E-state index contributed by atoms with van der Waals surface area (Å²) in [7, 11) is 0. The summed E-state index contributed by atoms with van der Waals surface area (Å²) < 4.78 is 11.0. The van der Waals surface area contributed by atoms with Gasteiger partial charge in [-0.3, -0.25) is 9.59 Å². The molecule has 2 amide bonds. The molecule has 138 valence electrons. The molecule has 0 unspecified atom stereocenters. The van der Waals surface area contributed by atoms with Crippen LogP contribution in [0.25, 0.3) is 0 Å². The van der Waals surface area contributed by atoms with E-state index >= 15 is 0 Å². The second kappa shape index (κ2) is 9.01. The van der Waals surface area contributed by atoms with Gasteiger partial charge in [0.2, 0.25) is 0 Å². The van der Waals surface area contributed by atoms with Gasteiger partial charge in [0.1, 0.15) is 13.1 Å². The summed E-state index contributed by atoms with van der Waals surface area (Å²) in [5.41, 5.74) is 0. The summed E-state index contributed by atoms with van der Waals surface area (Å²) in [5, 5.41) is 5.64. The second-order valence-corrected chi connectivity index (χ2v) is 6.86. The molecule has 1 aliphatic carbocycles. The number of hydrogen-bond donors (Lipinski definition) is 3. The summed E-state index contributed by atoms with van der Waals surface area (Å²) in [6, 6.07) is 3.89. The van der Waals surface area contributed by atoms with Gasteiger partial charge in [-0.2, -0.15) is 0 Å². The lowest BCUT2D eigenvalue weighted by atomic mass is 9.95. The SMILES string of the molecule is O=C(NC[C@H](c1ccco1)[NH+]1CCOCC1)C(=O)NC1CCCCC1. The Bertz CT molecular complexity index is 549. The lowest BCUT2D eigenvalue weighted by Crippen LogP contribution is -3.15. The first-order valence-corrected chi connectivity index (χ1v) is 9.28. The van der Waals surface area contributed by atoms with Gasteiger partial charge in [0.25, 0.3) is 0 Å². The van der Waals surface area contributed by atoms with Crippen molar-refractivity contribution in [2.24, 2.45) is 0 Å². The molecule has 1 aromatic rings. The number of quaternary nitrogens is 1. The van der Waals surface area contributed by atoms with Gasteiger partial charge in [0.15, 0.2) is 11.8 Å². The van der Waals surface area contributed by atoms with Crippen LogP contribution in [-0.2, 0) is 14.3 Å². The van der Waals surface area contributed by atoms with Crippen molar-refractivity contribution in [2.45, 2.75) is 44.2 Å². The highest BCUT2D eigenvalue weighted by molar-refractivity contribution is 6.35. The topological polar surface area (TPSA) is 85.0 Å². The highest BCUT2D eigenvalue weighted by atomic mass is 16.5. The molecule has 1 saturated heterocycles. The molecule has 3 N–H and O–H groups in total. The average molecular weight is 350 g/mol. The molecule has 7 nitrogen and oxygen atoms in total. The summed E-state index contributed by atoms with van der Waals surface area (Å²) in [4.78, 5) is 25.6. The van der Waals surface area contributed by atoms with Gasteiger partial charge in [-0.1, -0.05) is 19.3 Å². The third kappa shape index (κ3) is 5.06. The van der Waals surface area contributed by atoms with Gasteiger partial charge in [0, 0.05) is 6.04 Å². The van der Waals surface area contributed by atoms with Gasteiger partial charge < -0.3 is 24.7 Å². The molecule has 7 heteroatoms. The quantitative estimate of drug-likeness (QED) is 0.642. The molecule has 1 atom stereocenters. The van der Waals surface area contributed by atoms with Crippen LogP contribution in [0, 0.1) is 0 Å². The zero-order valence-corrected chi connectivity index (χ0v) is 14.6. The summed E-state index contributed by atoms with van der Waals surface area (Å²) in [6.07, 6.45) is 7.02. The minimum atomic E-state index is -0.560. The minimum absolute atomic E-state index is 0.00895. The predicted molar refractivity (Wildman–Crippen MR) is 91.0 cm³/mol. The summed E-state index contributed by atoms with van der Waals surface area (Å²) in [5.74, 6) is -0.262. The lowest BCUT2D eigenvalue weighted by molar-refractivity contribution is -0.938. The van der Waals surface area contributed by atoms with E-state index in [-0.39, 0.29) is 12.1 Å². The van der Waals surface area contributed by atoms with Crippen LogP contribution in [0.4, 0.5) is 0 Å². The monoisotopic (exact) mass is 350 g/mol. The smallest absolute Gasteiger partial charge is 0.309 e. The van der Waals surface area contributed by atoms with Crippen LogP contribution >= 0.6 is 0 Å². The first-order valence-electron chi connectivity index (χ1n) is 9.28. The van der Waals surface area contributed by atoms with Crippen molar-refractivity contribution in [2.75, 3.05) is 32.8 Å². The van der Waals surface area contributed by atoms with Gasteiger partial charge >= 0.3 is 11.8 Å². The average Bonchev–Trinajstić information content (AvgIpc) is 3.18. The van der Waals surface area contributed by atoms with Crippen LogP contribution in [0.2, 0.25) is 0 Å². The Balaban J connectivity index is 1.52. The highest BCUT2D eigenvalue weighted by Gasteiger charge is 2.30. The maximum Gasteiger partial charge on any atom is 0.309 e. The van der Waals surface area contributed by atoms with Gasteiger partial charge in [0.05, 0.1) is 26.0 Å². The number of carbonyl (C=O) groups excluding carboxylic acids is 2. The van der Waals surface area contributed by atoms with Crippen molar-refractivity contribution >= 4 is 11.8 Å². The Morgan fingerprint density at radius 1 is 1.16 bits per heavy atom. The maximum atomic E-state index is 12.2. The van der Waals surface area contributed by atoms with Crippen molar-refractivity contribution in [1.82, 2.24) is 10.6 Å². The molecule has 0 spiro atoms. The standard InChI is InChI=1S/C18H27N3O4/c22-17(18(23)20-14-5-2-1-3-6-14)19-13-15(16-7-4-10-25-16)21-8-11-24-12-9-21/h4,7,10,14-15H,1-3,5-6,8-9,11-13H2,(H,19,22)(H,20,23)/p+1/t15-/m1/s1. The molecule has 2 fully saturated rings. The Kier molecular flexibility index (Phi) is 6.47. The summed E-state index contributed by atoms with van der Waals surface area (Å²) in [6.45, 7) is 3.48. The first-order chi connectivity index (χ1) is 12.2. The molecule has 3 rings (SSSR count). The van der Waals surface area contributed by atoms with E-state index in [0.717, 1.165) is 44.5 Å². The fourth-order valence-electron chi connectivity index (χ4n) is 3.69. The van der Waals surface area contributed by atoms with Crippen LogP contribution in [0.5, 0.6) is 0 Å². The highest BCUT2D eigenvalue weighted by Crippen LogP contribution is 2.17. The van der Waals surface area contributed by atoms with Crippen LogP contribution in [0.15, 0.2) is 22.8 Å². The molecule has 0 bridgehead atoms. The van der Waals surface area contributed by atoms with E-state index in [9.17, 15) is 9.59 Å². The maximum absolute atomic E-state index is 12.2. The molecule has 0 aromatic carbocycles. The first kappa shape index (κ1) is 17.9. The number of carbonyl (C=O) groups is 2. The molecular formula is C18H28N3O4+. The minimum Gasteiger partial charge on any atom is -0.463 e. The van der Waals surface area contributed by atoms with E-state index in [0.29, 0.717) is 19.8 Å². The lowest BCUT2D eigenvalue weighted by Gasteiger charge is -2.30. The molecule has 25 heavy (non-hydrogen) atoms. The molecule has 1 aliphatic heterocycles. The van der Waals surface area contributed by atoms with E-state index in [1.165, 1.54) is 11.3 Å². The number of hydrogen-bond acceptors (Lipinski definition) is 4. The van der Waals surface area contributed by atoms with Crippen molar-refractivity contribution in [3.05, 3.63) is 24.2 Å². The second-order valence-electron chi connectivity index (χ2n) is 6.86. The molecule has 2 heterocycles. The molecule has 1 saturated carbocycles. The van der Waals surface area contributed by atoms with E-state index in [2.05, 4.69) is 10.6 Å². The molecular weight excluding hydrogens is 322 g/mol. The zero-order valence-electron chi connectivity index (χ0n) is 14.6. The van der Waals surface area contributed by atoms with Crippen LogP contribution in [0.1, 0.15) is 43.9 Å². The Hall–Kier alpha value is -1.86. The van der Waals surface area contributed by atoms with E-state index in [4.69, 9.17) is 9.15 Å². The van der Waals surface area contributed by atoms with Crippen molar-refractivity contribution in [3.63, 3.8) is 0 Å². The normalized spacial score (nSPS) is 20.8. The van der Waals surface area contributed by atoms with Crippen LogP contribution in [-0.4, -0.2) is 50.7 Å². The number of amides is 2. The van der Waals surface area contributed by atoms with Gasteiger partial charge in [-0.15, -0.1) is 0 Å². The molecule has 0 radical (unpaired) electrons. The number of furan rings is 1. The van der Waals surface area contributed by atoms with Gasteiger partial charge in [-0.25, -0.2) is 0 Å². The van der Waals surface area contributed by atoms with E-state index < -0.39 is 11.8 Å². The Morgan fingerprint density at radius 3 is 2.60 bits per heavy atom. The van der Waals surface area contributed by atoms with Crippen LogP contribution < -0.4 is 15.5 Å². The number of rotatable bonds is 5. The predicted octanol–water partition coefficient (Wildman–Crippen LogP) is -0.199. The Morgan fingerprint density at radius 2 is 1.92 bits per heavy atom. The van der Waals surface area contributed by atoms with Crippen molar-refractivity contribution in [3.8, 4) is 0 Å².